The molecule has 0 heterocycles. The van der Waals surface area contributed by atoms with E-state index in [2.05, 4.69) is 17.9 Å². The van der Waals surface area contributed by atoms with Gasteiger partial charge < -0.3 is 10.8 Å². The first-order valence-electron chi connectivity index (χ1n) is 7.40. The largest absolute Gasteiger partial charge is 0.395 e. The Labute approximate surface area is 121 Å². The molecule has 0 atom stereocenters. The zero-order chi connectivity index (χ0) is 14.5. The third kappa shape index (κ3) is 3.58. The number of rotatable bonds is 6. The molecule has 0 bridgehead atoms. The lowest BCUT2D eigenvalue weighted by Gasteiger charge is -2.28. The van der Waals surface area contributed by atoms with E-state index in [0.717, 1.165) is 18.7 Å². The molecule has 0 amide bonds. The molecule has 4 nitrogen and oxygen atoms in total. The first kappa shape index (κ1) is 15.0. The summed E-state index contributed by atoms with van der Waals surface area (Å²) in [7, 11) is 0. The number of benzene rings is 1. The van der Waals surface area contributed by atoms with Crippen LogP contribution >= 0.6 is 0 Å². The highest BCUT2D eigenvalue weighted by Gasteiger charge is 2.22. The molecule has 1 aliphatic rings. The summed E-state index contributed by atoms with van der Waals surface area (Å²) in [4.78, 5) is 2.39. The van der Waals surface area contributed by atoms with Gasteiger partial charge in [-0.05, 0) is 37.0 Å². The standard InChI is InChI=1S/C16H25N3O/c1-12-10-13(16(17)18)6-7-14(12)11-19(8-9-20)15-4-2-3-5-15/h6-7,10,15,20H,2-5,8-9,11H2,1H3,(H3,17,18). The predicted molar refractivity (Wildman–Crippen MR) is 81.9 cm³/mol. The van der Waals surface area contributed by atoms with E-state index in [0.29, 0.717) is 6.04 Å². The highest BCUT2D eigenvalue weighted by Crippen LogP contribution is 2.25. The van der Waals surface area contributed by atoms with Crippen LogP contribution in [0.3, 0.4) is 0 Å². The van der Waals surface area contributed by atoms with Crippen molar-refractivity contribution in [1.29, 1.82) is 5.41 Å². The lowest BCUT2D eigenvalue weighted by molar-refractivity contribution is 0.144. The second-order valence-corrected chi connectivity index (χ2v) is 5.69. The number of nitrogens with one attached hydrogen (secondary N) is 1. The van der Waals surface area contributed by atoms with Crippen molar-refractivity contribution >= 4 is 5.84 Å². The van der Waals surface area contributed by atoms with Gasteiger partial charge in [0.15, 0.2) is 0 Å². The summed E-state index contributed by atoms with van der Waals surface area (Å²) >= 11 is 0. The maximum Gasteiger partial charge on any atom is 0.122 e. The van der Waals surface area contributed by atoms with Crippen LogP contribution in [0.15, 0.2) is 18.2 Å². The van der Waals surface area contributed by atoms with E-state index in [9.17, 15) is 5.11 Å². The van der Waals surface area contributed by atoms with E-state index >= 15 is 0 Å². The van der Waals surface area contributed by atoms with Crippen LogP contribution in [-0.4, -0.2) is 35.0 Å². The van der Waals surface area contributed by atoms with Gasteiger partial charge in [-0.25, -0.2) is 0 Å². The fourth-order valence-electron chi connectivity index (χ4n) is 3.05. The summed E-state index contributed by atoms with van der Waals surface area (Å²) in [6, 6.07) is 6.56. The molecule has 4 N–H and O–H groups in total. The van der Waals surface area contributed by atoms with Crippen molar-refractivity contribution in [2.24, 2.45) is 5.73 Å². The number of aliphatic hydroxyl groups excluding tert-OH is 1. The molecule has 0 aromatic heterocycles. The molecule has 1 fully saturated rings. The topological polar surface area (TPSA) is 73.3 Å². The molecule has 1 aromatic rings. The highest BCUT2D eigenvalue weighted by molar-refractivity contribution is 5.95. The van der Waals surface area contributed by atoms with Crippen LogP contribution in [0.5, 0.6) is 0 Å². The van der Waals surface area contributed by atoms with Gasteiger partial charge in [0.05, 0.1) is 6.61 Å². The first-order chi connectivity index (χ1) is 9.61. The zero-order valence-corrected chi connectivity index (χ0v) is 12.2. The van der Waals surface area contributed by atoms with E-state index in [1.807, 2.05) is 12.1 Å². The Kier molecular flexibility index (Phi) is 5.15. The van der Waals surface area contributed by atoms with Gasteiger partial charge in [-0.1, -0.05) is 25.0 Å². The van der Waals surface area contributed by atoms with Crippen molar-refractivity contribution in [1.82, 2.24) is 4.90 Å². The maximum absolute atomic E-state index is 9.27. The van der Waals surface area contributed by atoms with E-state index < -0.39 is 0 Å². The van der Waals surface area contributed by atoms with Crippen LogP contribution in [0, 0.1) is 12.3 Å². The SMILES string of the molecule is Cc1cc(C(=N)N)ccc1CN(CCO)C1CCCC1. The summed E-state index contributed by atoms with van der Waals surface area (Å²) in [5.41, 5.74) is 8.72. The van der Waals surface area contributed by atoms with E-state index in [1.165, 1.54) is 36.8 Å². The van der Waals surface area contributed by atoms with E-state index in [1.54, 1.807) is 0 Å². The normalized spacial score (nSPS) is 15.9. The van der Waals surface area contributed by atoms with Crippen LogP contribution in [-0.2, 0) is 6.54 Å². The third-order valence-corrected chi connectivity index (χ3v) is 4.26. The van der Waals surface area contributed by atoms with Gasteiger partial charge in [-0.15, -0.1) is 0 Å². The Hall–Kier alpha value is -1.39. The van der Waals surface area contributed by atoms with Crippen molar-refractivity contribution < 1.29 is 5.11 Å². The van der Waals surface area contributed by atoms with Gasteiger partial charge in [0, 0.05) is 24.7 Å². The van der Waals surface area contributed by atoms with Crippen LogP contribution in [0.25, 0.3) is 0 Å². The number of hydrogen-bond acceptors (Lipinski definition) is 3. The van der Waals surface area contributed by atoms with Crippen molar-refractivity contribution in [3.8, 4) is 0 Å². The molecule has 1 aromatic carbocycles. The summed E-state index contributed by atoms with van der Waals surface area (Å²) in [6.45, 7) is 3.88. The van der Waals surface area contributed by atoms with Crippen LogP contribution < -0.4 is 5.73 Å². The van der Waals surface area contributed by atoms with Gasteiger partial charge in [0.25, 0.3) is 0 Å². The molecule has 110 valence electrons. The molecule has 2 rings (SSSR count). The molecule has 0 unspecified atom stereocenters. The Morgan fingerprint density at radius 3 is 2.65 bits per heavy atom. The van der Waals surface area contributed by atoms with Crippen molar-refractivity contribution in [2.75, 3.05) is 13.2 Å². The van der Waals surface area contributed by atoms with Crippen LogP contribution in [0.1, 0.15) is 42.4 Å². The fraction of sp³-hybridized carbons (Fsp3) is 0.562. The minimum Gasteiger partial charge on any atom is -0.395 e. The molecule has 1 aliphatic carbocycles. The summed E-state index contributed by atoms with van der Waals surface area (Å²) in [5, 5.41) is 16.8. The number of aliphatic hydroxyl groups is 1. The van der Waals surface area contributed by atoms with Crippen molar-refractivity contribution in [2.45, 2.75) is 45.2 Å². The zero-order valence-electron chi connectivity index (χ0n) is 12.2. The van der Waals surface area contributed by atoms with Gasteiger partial charge in [0.1, 0.15) is 5.84 Å². The number of aryl methyl sites for hydroxylation is 1. The molecule has 4 heteroatoms. The minimum atomic E-state index is 0.114. The number of hydrogen-bond donors (Lipinski definition) is 3. The van der Waals surface area contributed by atoms with Crippen LogP contribution in [0.4, 0.5) is 0 Å². The van der Waals surface area contributed by atoms with Gasteiger partial charge in [-0.3, -0.25) is 10.3 Å². The lowest BCUT2D eigenvalue weighted by atomic mass is 10.0. The third-order valence-electron chi connectivity index (χ3n) is 4.26. The van der Waals surface area contributed by atoms with Crippen molar-refractivity contribution in [3.63, 3.8) is 0 Å². The molecule has 20 heavy (non-hydrogen) atoms. The molecular formula is C16H25N3O. The Morgan fingerprint density at radius 2 is 2.10 bits per heavy atom. The highest BCUT2D eigenvalue weighted by atomic mass is 16.3. The Bertz CT molecular complexity index is 467. The summed E-state index contributed by atoms with van der Waals surface area (Å²) in [5.74, 6) is 0.114. The fourth-order valence-corrected chi connectivity index (χ4v) is 3.05. The number of nitrogens with zero attached hydrogens (tertiary/aromatic N) is 1. The van der Waals surface area contributed by atoms with Gasteiger partial charge in [-0.2, -0.15) is 0 Å². The second kappa shape index (κ2) is 6.86. The lowest BCUT2D eigenvalue weighted by Crippen LogP contribution is -2.35. The first-order valence-corrected chi connectivity index (χ1v) is 7.40. The molecular weight excluding hydrogens is 250 g/mol. The van der Waals surface area contributed by atoms with Gasteiger partial charge in [0.2, 0.25) is 0 Å². The number of nitrogens with two attached hydrogens (primary N) is 1. The monoisotopic (exact) mass is 275 g/mol. The average Bonchev–Trinajstić information content (AvgIpc) is 2.94. The van der Waals surface area contributed by atoms with Gasteiger partial charge >= 0.3 is 0 Å². The summed E-state index contributed by atoms with van der Waals surface area (Å²) in [6.07, 6.45) is 5.08. The summed E-state index contributed by atoms with van der Waals surface area (Å²) < 4.78 is 0. The van der Waals surface area contributed by atoms with E-state index in [-0.39, 0.29) is 12.4 Å². The smallest absolute Gasteiger partial charge is 0.122 e. The maximum atomic E-state index is 9.27. The Morgan fingerprint density at radius 1 is 1.40 bits per heavy atom. The average molecular weight is 275 g/mol. The predicted octanol–water partition coefficient (Wildman–Crippen LogP) is 2.02. The molecule has 0 spiro atoms. The molecule has 0 radical (unpaired) electrons. The minimum absolute atomic E-state index is 0.114. The molecule has 0 aliphatic heterocycles. The number of nitrogen functional groups attached to an aromatic ring is 1. The Balaban J connectivity index is 2.11. The number of amidine groups is 1. The quantitative estimate of drug-likeness (QED) is 0.549. The van der Waals surface area contributed by atoms with E-state index in [4.69, 9.17) is 11.1 Å². The van der Waals surface area contributed by atoms with Crippen LogP contribution in [0.2, 0.25) is 0 Å². The molecule has 0 saturated heterocycles. The molecule has 1 saturated carbocycles. The second-order valence-electron chi connectivity index (χ2n) is 5.69. The van der Waals surface area contributed by atoms with Crippen molar-refractivity contribution in [3.05, 3.63) is 34.9 Å².